The number of nitrogens with zero attached hydrogens (tertiary/aromatic N) is 2. The fraction of sp³-hybridized carbons (Fsp3) is 0.545. The number of hydrogen-bond acceptors (Lipinski definition) is 6. The highest BCUT2D eigenvalue weighted by Crippen LogP contribution is 2.32. The first-order chi connectivity index (χ1) is 14.3. The van der Waals surface area contributed by atoms with E-state index in [0.717, 1.165) is 43.4 Å². The van der Waals surface area contributed by atoms with E-state index in [9.17, 15) is 9.59 Å². The van der Waals surface area contributed by atoms with Gasteiger partial charge in [-0.25, -0.2) is 4.79 Å². The van der Waals surface area contributed by atoms with Crippen molar-refractivity contribution >= 4 is 28.5 Å². The van der Waals surface area contributed by atoms with Crippen LogP contribution in [0.4, 0.5) is 0 Å². The molecule has 1 aromatic heterocycles. The maximum atomic E-state index is 12.9. The zero-order valence-electron chi connectivity index (χ0n) is 17.7. The first kappa shape index (κ1) is 21.2. The average Bonchev–Trinajstić information content (AvgIpc) is 2.74. The molecule has 2 fully saturated rings. The van der Waals surface area contributed by atoms with Crippen molar-refractivity contribution in [3.05, 3.63) is 38.7 Å². The van der Waals surface area contributed by atoms with Gasteiger partial charge in [0.05, 0.1) is 5.02 Å². The number of halogens is 1. The lowest BCUT2D eigenvalue weighted by Gasteiger charge is -2.51. The number of benzene rings is 1. The molecule has 0 saturated carbocycles. The van der Waals surface area contributed by atoms with E-state index in [1.165, 1.54) is 0 Å². The Morgan fingerprint density at radius 2 is 1.97 bits per heavy atom. The number of amides is 1. The van der Waals surface area contributed by atoms with E-state index >= 15 is 0 Å². The van der Waals surface area contributed by atoms with Crippen molar-refractivity contribution in [2.75, 3.05) is 46.4 Å². The van der Waals surface area contributed by atoms with Crippen LogP contribution in [0.1, 0.15) is 24.0 Å². The van der Waals surface area contributed by atoms with Gasteiger partial charge in [0, 0.05) is 42.2 Å². The van der Waals surface area contributed by atoms with Crippen LogP contribution in [-0.4, -0.2) is 67.6 Å². The van der Waals surface area contributed by atoms with Crippen LogP contribution in [0.5, 0.6) is 5.75 Å². The highest BCUT2D eigenvalue weighted by Gasteiger charge is 2.41. The Morgan fingerprint density at radius 3 is 2.70 bits per heavy atom. The Kier molecular flexibility index (Phi) is 5.79. The summed E-state index contributed by atoms with van der Waals surface area (Å²) in [6, 6.07) is 3.32. The van der Waals surface area contributed by atoms with Crippen LogP contribution in [0.2, 0.25) is 5.02 Å². The van der Waals surface area contributed by atoms with Crippen molar-refractivity contribution in [1.82, 2.24) is 15.1 Å². The topological polar surface area (TPSA) is 75.0 Å². The van der Waals surface area contributed by atoms with Crippen LogP contribution in [-0.2, 0) is 4.79 Å². The second kappa shape index (κ2) is 8.21. The minimum absolute atomic E-state index is 0.0402. The van der Waals surface area contributed by atoms with E-state index < -0.39 is 0 Å². The molecule has 1 aromatic carbocycles. The highest BCUT2D eigenvalue weighted by molar-refractivity contribution is 6.32. The van der Waals surface area contributed by atoms with E-state index in [-0.39, 0.29) is 23.7 Å². The molecule has 0 atom stereocenters. The van der Waals surface area contributed by atoms with Gasteiger partial charge >= 0.3 is 5.63 Å². The molecule has 2 saturated heterocycles. The van der Waals surface area contributed by atoms with Gasteiger partial charge in [-0.1, -0.05) is 11.6 Å². The average molecular weight is 434 g/mol. The van der Waals surface area contributed by atoms with Crippen LogP contribution < -0.4 is 15.7 Å². The van der Waals surface area contributed by atoms with Gasteiger partial charge in [-0.3, -0.25) is 9.69 Å². The van der Waals surface area contributed by atoms with Crippen LogP contribution in [0.15, 0.2) is 21.3 Å². The summed E-state index contributed by atoms with van der Waals surface area (Å²) in [6.07, 6.45) is 2.06. The minimum Gasteiger partial charge on any atom is -0.482 e. The lowest BCUT2D eigenvalue weighted by molar-refractivity contribution is -0.139. The van der Waals surface area contributed by atoms with Gasteiger partial charge in [0.1, 0.15) is 11.3 Å². The van der Waals surface area contributed by atoms with Crippen molar-refractivity contribution in [2.24, 2.45) is 0 Å². The largest absolute Gasteiger partial charge is 0.482 e. The predicted octanol–water partition coefficient (Wildman–Crippen LogP) is 2.34. The van der Waals surface area contributed by atoms with Gasteiger partial charge in [-0.2, -0.15) is 0 Å². The van der Waals surface area contributed by atoms with E-state index in [0.29, 0.717) is 35.0 Å². The number of hydrogen-bond donors (Lipinski definition) is 1. The Labute approximate surface area is 180 Å². The summed E-state index contributed by atoms with van der Waals surface area (Å²) >= 11 is 6.39. The third-order valence-corrected chi connectivity index (χ3v) is 7.04. The van der Waals surface area contributed by atoms with Crippen LogP contribution in [0.25, 0.3) is 11.0 Å². The van der Waals surface area contributed by atoms with E-state index in [1.807, 2.05) is 11.8 Å². The molecule has 3 heterocycles. The van der Waals surface area contributed by atoms with Gasteiger partial charge < -0.3 is 19.4 Å². The maximum absolute atomic E-state index is 12.9. The Balaban J connectivity index is 1.48. The molecule has 0 unspecified atom stereocenters. The molecule has 2 aliphatic heterocycles. The van der Waals surface area contributed by atoms with E-state index in [4.69, 9.17) is 20.8 Å². The van der Waals surface area contributed by atoms with Crippen molar-refractivity contribution in [1.29, 1.82) is 0 Å². The molecule has 1 amide bonds. The second-order valence-electron chi connectivity index (χ2n) is 8.42. The number of aryl methyl sites for hydroxylation is 1. The number of fused-ring (bicyclic) bond motifs is 1. The standard InChI is InChI=1S/C22H28ClN3O4/c1-14-15(2)21(28)30-18-11-19(17(23)10-16(14)18)29-12-20(27)26-9-8-25(3)22(13-26)4-6-24-7-5-22/h10-11,24H,4-9,12-13H2,1-3H3. The summed E-state index contributed by atoms with van der Waals surface area (Å²) in [4.78, 5) is 29.2. The van der Waals surface area contributed by atoms with Gasteiger partial charge in [-0.05, 0) is 58.5 Å². The van der Waals surface area contributed by atoms with Crippen LogP contribution >= 0.6 is 11.6 Å². The SMILES string of the molecule is Cc1c(C)c2cc(Cl)c(OCC(=O)N3CCN(C)C4(CCNCC4)C3)cc2oc1=O. The van der Waals surface area contributed by atoms with Crippen molar-refractivity contribution < 1.29 is 13.9 Å². The second-order valence-corrected chi connectivity index (χ2v) is 8.83. The fourth-order valence-corrected chi connectivity index (χ4v) is 4.71. The molecule has 7 nitrogen and oxygen atoms in total. The van der Waals surface area contributed by atoms with Crippen molar-refractivity contribution in [3.63, 3.8) is 0 Å². The number of piperidine rings is 1. The molecule has 0 radical (unpaired) electrons. The first-order valence-corrected chi connectivity index (χ1v) is 10.7. The number of ether oxygens (including phenoxy) is 1. The summed E-state index contributed by atoms with van der Waals surface area (Å²) in [6.45, 7) is 7.69. The monoisotopic (exact) mass is 433 g/mol. The molecule has 2 aromatic rings. The summed E-state index contributed by atoms with van der Waals surface area (Å²) in [5, 5.41) is 4.55. The smallest absolute Gasteiger partial charge is 0.339 e. The molecular formula is C22H28ClN3O4. The number of carbonyl (C=O) groups is 1. The third kappa shape index (κ3) is 3.82. The molecule has 30 heavy (non-hydrogen) atoms. The predicted molar refractivity (Wildman–Crippen MR) is 117 cm³/mol. The Hall–Kier alpha value is -2.09. The summed E-state index contributed by atoms with van der Waals surface area (Å²) in [5.74, 6) is 0.285. The molecule has 0 bridgehead atoms. The highest BCUT2D eigenvalue weighted by atomic mass is 35.5. The Morgan fingerprint density at radius 1 is 1.23 bits per heavy atom. The molecule has 162 valence electrons. The van der Waals surface area contributed by atoms with Crippen molar-refractivity contribution in [3.8, 4) is 5.75 Å². The molecule has 2 aliphatic rings. The van der Waals surface area contributed by atoms with E-state index in [1.54, 1.807) is 19.1 Å². The zero-order valence-corrected chi connectivity index (χ0v) is 18.5. The van der Waals surface area contributed by atoms with Crippen LogP contribution in [0, 0.1) is 13.8 Å². The fourth-order valence-electron chi connectivity index (χ4n) is 4.49. The molecule has 8 heteroatoms. The molecule has 1 spiro atoms. The number of piperazine rings is 1. The normalized spacial score (nSPS) is 19.4. The van der Waals surface area contributed by atoms with Gasteiger partial charge in [0.15, 0.2) is 6.61 Å². The molecular weight excluding hydrogens is 406 g/mol. The summed E-state index contributed by atoms with van der Waals surface area (Å²) in [7, 11) is 2.15. The molecule has 4 rings (SSSR count). The maximum Gasteiger partial charge on any atom is 0.339 e. The number of likely N-dealkylation sites (N-methyl/N-ethyl adjacent to an activating group) is 1. The van der Waals surface area contributed by atoms with E-state index in [2.05, 4.69) is 17.3 Å². The Bertz CT molecular complexity index is 1030. The van der Waals surface area contributed by atoms with Gasteiger partial charge in [-0.15, -0.1) is 0 Å². The molecule has 1 N–H and O–H groups in total. The first-order valence-electron chi connectivity index (χ1n) is 10.4. The summed E-state index contributed by atoms with van der Waals surface area (Å²) in [5.41, 5.74) is 1.45. The quantitative estimate of drug-likeness (QED) is 0.749. The van der Waals surface area contributed by atoms with Gasteiger partial charge in [0.25, 0.3) is 5.91 Å². The van der Waals surface area contributed by atoms with Crippen LogP contribution in [0.3, 0.4) is 0 Å². The lowest BCUT2D eigenvalue weighted by atomic mass is 9.84. The molecule has 0 aliphatic carbocycles. The van der Waals surface area contributed by atoms with Crippen molar-refractivity contribution in [2.45, 2.75) is 32.2 Å². The third-order valence-electron chi connectivity index (χ3n) is 6.75. The lowest BCUT2D eigenvalue weighted by Crippen LogP contribution is -2.65. The number of nitrogens with one attached hydrogen (secondary N) is 1. The minimum atomic E-state index is -0.381. The van der Waals surface area contributed by atoms with Gasteiger partial charge in [0.2, 0.25) is 0 Å². The zero-order chi connectivity index (χ0) is 21.5. The summed E-state index contributed by atoms with van der Waals surface area (Å²) < 4.78 is 11.1. The number of rotatable bonds is 3. The number of carbonyl (C=O) groups excluding carboxylic acids is 1.